The molecule has 2 N–H and O–H groups in total. The minimum Gasteiger partial charge on any atom is -0.495 e. The Hall–Kier alpha value is -2.99. The van der Waals surface area contributed by atoms with Gasteiger partial charge in [-0.3, -0.25) is 4.79 Å². The lowest BCUT2D eigenvalue weighted by atomic mass is 9.94. The van der Waals surface area contributed by atoms with Crippen LogP contribution in [-0.2, 0) is 4.79 Å². The summed E-state index contributed by atoms with van der Waals surface area (Å²) in [4.78, 5) is 26.9. The van der Waals surface area contributed by atoms with E-state index in [2.05, 4.69) is 10.6 Å². The third-order valence-corrected chi connectivity index (χ3v) is 4.91. The molecule has 0 aliphatic carbocycles. The fourth-order valence-electron chi connectivity index (χ4n) is 3.01. The Morgan fingerprint density at radius 2 is 1.85 bits per heavy atom. The maximum Gasteiger partial charge on any atom is 0.322 e. The van der Waals surface area contributed by atoms with Crippen molar-refractivity contribution in [1.29, 1.82) is 0 Å². The number of anilines is 1. The fraction of sp³-hybridized carbons (Fsp3) is 0.200. The number of nitrogens with zero attached hydrogens (tertiary/aromatic N) is 1. The minimum absolute atomic E-state index is 0.300. The maximum atomic E-state index is 13.1. The molecule has 0 bridgehead atoms. The average molecular weight is 386 g/mol. The van der Waals surface area contributed by atoms with Crippen molar-refractivity contribution in [2.75, 3.05) is 19.5 Å². The zero-order chi connectivity index (χ0) is 19.6. The molecule has 3 rings (SSSR count). The topological polar surface area (TPSA) is 70.7 Å². The summed E-state index contributed by atoms with van der Waals surface area (Å²) in [5.74, 6) is 0.209. The second-order valence-corrected chi connectivity index (χ2v) is 6.52. The number of hydrogen-bond donors (Lipinski definition) is 2. The number of carbonyl (C=O) groups is 2. The highest BCUT2D eigenvalue weighted by molar-refractivity contribution is 6.31. The molecule has 0 fully saturated rings. The molecule has 1 heterocycles. The van der Waals surface area contributed by atoms with E-state index in [9.17, 15) is 9.59 Å². The molecule has 1 aliphatic heterocycles. The number of urea groups is 1. The third kappa shape index (κ3) is 3.61. The Bertz CT molecular complexity index is 926. The van der Waals surface area contributed by atoms with Crippen molar-refractivity contribution >= 4 is 29.2 Å². The van der Waals surface area contributed by atoms with Crippen molar-refractivity contribution in [1.82, 2.24) is 10.2 Å². The van der Waals surface area contributed by atoms with Crippen LogP contribution in [0.2, 0.25) is 5.02 Å². The maximum absolute atomic E-state index is 13.1. The number of para-hydroxylation sites is 2. The first kappa shape index (κ1) is 18.8. The SMILES string of the molecule is COc1ccccc1NC(=O)C1=C(C)N(C)C(=O)N[C@@H]1c1ccccc1Cl. The second kappa shape index (κ2) is 7.72. The molecular weight excluding hydrogens is 366 g/mol. The average Bonchev–Trinajstić information content (AvgIpc) is 2.66. The molecule has 0 saturated carbocycles. The largest absolute Gasteiger partial charge is 0.495 e. The highest BCUT2D eigenvalue weighted by atomic mass is 35.5. The third-order valence-electron chi connectivity index (χ3n) is 4.57. The van der Waals surface area contributed by atoms with Crippen molar-refractivity contribution < 1.29 is 14.3 Å². The van der Waals surface area contributed by atoms with Gasteiger partial charge in [0.1, 0.15) is 5.75 Å². The number of hydrogen-bond acceptors (Lipinski definition) is 3. The summed E-state index contributed by atoms with van der Waals surface area (Å²) in [6, 6.07) is 13.3. The van der Waals surface area contributed by atoms with E-state index in [1.165, 1.54) is 12.0 Å². The Kier molecular flexibility index (Phi) is 5.37. The van der Waals surface area contributed by atoms with E-state index in [1.807, 2.05) is 12.1 Å². The number of nitrogens with one attached hydrogen (secondary N) is 2. The van der Waals surface area contributed by atoms with Crippen molar-refractivity contribution in [2.45, 2.75) is 13.0 Å². The van der Waals surface area contributed by atoms with Crippen LogP contribution in [-0.4, -0.2) is 31.0 Å². The van der Waals surface area contributed by atoms with E-state index in [1.54, 1.807) is 50.4 Å². The first-order valence-corrected chi connectivity index (χ1v) is 8.75. The van der Waals surface area contributed by atoms with E-state index in [0.717, 1.165) is 0 Å². The predicted molar refractivity (Wildman–Crippen MR) is 105 cm³/mol. The highest BCUT2D eigenvalue weighted by Crippen LogP contribution is 2.34. The van der Waals surface area contributed by atoms with Gasteiger partial charge in [-0.2, -0.15) is 0 Å². The van der Waals surface area contributed by atoms with Gasteiger partial charge in [0.25, 0.3) is 5.91 Å². The molecule has 2 aromatic carbocycles. The van der Waals surface area contributed by atoms with Gasteiger partial charge in [0.2, 0.25) is 0 Å². The predicted octanol–water partition coefficient (Wildman–Crippen LogP) is 3.96. The van der Waals surface area contributed by atoms with Crippen LogP contribution in [0.4, 0.5) is 10.5 Å². The molecule has 140 valence electrons. The Morgan fingerprint density at radius 3 is 2.56 bits per heavy atom. The van der Waals surface area contributed by atoms with Gasteiger partial charge in [-0.1, -0.05) is 41.9 Å². The van der Waals surface area contributed by atoms with Crippen LogP contribution >= 0.6 is 11.6 Å². The van der Waals surface area contributed by atoms with Gasteiger partial charge in [-0.15, -0.1) is 0 Å². The molecule has 0 radical (unpaired) electrons. The van der Waals surface area contributed by atoms with Crippen molar-refractivity contribution in [3.05, 3.63) is 70.4 Å². The van der Waals surface area contributed by atoms with Crippen LogP contribution in [0.25, 0.3) is 0 Å². The van der Waals surface area contributed by atoms with Gasteiger partial charge in [0, 0.05) is 17.8 Å². The number of rotatable bonds is 4. The summed E-state index contributed by atoms with van der Waals surface area (Å²) in [6.45, 7) is 1.74. The first-order valence-electron chi connectivity index (χ1n) is 8.37. The number of methoxy groups -OCH3 is 1. The number of halogens is 1. The van der Waals surface area contributed by atoms with Crippen molar-refractivity contribution in [2.24, 2.45) is 0 Å². The van der Waals surface area contributed by atoms with Gasteiger partial charge >= 0.3 is 6.03 Å². The molecule has 0 aromatic heterocycles. The van der Waals surface area contributed by atoms with Gasteiger partial charge in [0.05, 0.1) is 24.4 Å². The van der Waals surface area contributed by atoms with Crippen molar-refractivity contribution in [3.8, 4) is 5.75 Å². The van der Waals surface area contributed by atoms with Gasteiger partial charge < -0.3 is 20.3 Å². The van der Waals surface area contributed by atoms with Crippen LogP contribution < -0.4 is 15.4 Å². The van der Waals surface area contributed by atoms with Crippen molar-refractivity contribution in [3.63, 3.8) is 0 Å². The molecular formula is C20H20ClN3O3. The lowest BCUT2D eigenvalue weighted by Gasteiger charge is -2.34. The van der Waals surface area contributed by atoms with Crippen LogP contribution in [0.1, 0.15) is 18.5 Å². The molecule has 7 heteroatoms. The summed E-state index contributed by atoms with van der Waals surface area (Å²) < 4.78 is 5.30. The molecule has 0 unspecified atom stereocenters. The Labute approximate surface area is 162 Å². The second-order valence-electron chi connectivity index (χ2n) is 6.12. The highest BCUT2D eigenvalue weighted by Gasteiger charge is 2.35. The molecule has 1 atom stereocenters. The lowest BCUT2D eigenvalue weighted by Crippen LogP contribution is -2.46. The quantitative estimate of drug-likeness (QED) is 0.836. The molecule has 1 aliphatic rings. The summed E-state index contributed by atoms with van der Waals surface area (Å²) >= 11 is 6.33. The fourth-order valence-corrected chi connectivity index (χ4v) is 3.25. The monoisotopic (exact) mass is 385 g/mol. The Morgan fingerprint density at radius 1 is 1.19 bits per heavy atom. The standard InChI is InChI=1S/C20H20ClN3O3/c1-12-17(19(25)22-15-10-6-7-11-16(15)27-3)18(23-20(26)24(12)2)13-8-4-5-9-14(13)21/h4-11,18H,1-3H3,(H,22,25)(H,23,26)/t18-/m1/s1. The van der Waals surface area contributed by atoms with E-state index in [4.69, 9.17) is 16.3 Å². The van der Waals surface area contributed by atoms with E-state index in [-0.39, 0.29) is 11.9 Å². The van der Waals surface area contributed by atoms with Gasteiger partial charge in [0.15, 0.2) is 0 Å². The summed E-state index contributed by atoms with van der Waals surface area (Å²) in [5, 5.41) is 6.20. The zero-order valence-corrected chi connectivity index (χ0v) is 16.0. The number of carbonyl (C=O) groups excluding carboxylic acids is 2. The van der Waals surface area contributed by atoms with Gasteiger partial charge in [-0.05, 0) is 30.7 Å². The molecule has 0 spiro atoms. The number of allylic oxidation sites excluding steroid dienone is 1. The van der Waals surface area contributed by atoms with Crippen LogP contribution in [0, 0.1) is 0 Å². The van der Waals surface area contributed by atoms with Crippen LogP contribution in [0.3, 0.4) is 0 Å². The van der Waals surface area contributed by atoms with E-state index >= 15 is 0 Å². The molecule has 6 nitrogen and oxygen atoms in total. The van der Waals surface area contributed by atoms with E-state index < -0.39 is 6.04 Å². The minimum atomic E-state index is -0.655. The van der Waals surface area contributed by atoms with Crippen LogP contribution in [0.15, 0.2) is 59.8 Å². The molecule has 0 saturated heterocycles. The summed E-state index contributed by atoms with van der Waals surface area (Å²) in [5.41, 5.74) is 2.17. The summed E-state index contributed by atoms with van der Waals surface area (Å²) in [7, 11) is 3.15. The number of amides is 3. The van der Waals surface area contributed by atoms with Crippen LogP contribution in [0.5, 0.6) is 5.75 Å². The first-order chi connectivity index (χ1) is 12.9. The smallest absolute Gasteiger partial charge is 0.322 e. The zero-order valence-electron chi connectivity index (χ0n) is 15.2. The summed E-state index contributed by atoms with van der Waals surface area (Å²) in [6.07, 6.45) is 0. The molecule has 3 amide bonds. The van der Waals surface area contributed by atoms with Gasteiger partial charge in [-0.25, -0.2) is 4.79 Å². The Balaban J connectivity index is 2.04. The van der Waals surface area contributed by atoms with E-state index in [0.29, 0.717) is 33.3 Å². The number of ether oxygens (including phenoxy) is 1. The normalized spacial score (nSPS) is 16.8. The molecule has 27 heavy (non-hydrogen) atoms. The lowest BCUT2D eigenvalue weighted by molar-refractivity contribution is -0.113. The number of benzene rings is 2. The molecule has 2 aromatic rings.